The third-order valence-corrected chi connectivity index (χ3v) is 1.99. The van der Waals surface area contributed by atoms with Gasteiger partial charge >= 0.3 is 5.97 Å². The summed E-state index contributed by atoms with van der Waals surface area (Å²) in [5.74, 6) is -0.196. The van der Waals surface area contributed by atoms with Crippen molar-refractivity contribution in [1.29, 1.82) is 0 Å². The predicted molar refractivity (Wildman–Crippen MR) is 51.1 cm³/mol. The van der Waals surface area contributed by atoms with Crippen LogP contribution in [0.2, 0.25) is 0 Å². The molecule has 0 spiro atoms. The highest BCUT2D eigenvalue weighted by atomic mass is 32.2. The Kier molecular flexibility index (Phi) is 4.32. The van der Waals surface area contributed by atoms with Crippen LogP contribution >= 0.6 is 12.0 Å². The fourth-order valence-electron chi connectivity index (χ4n) is 0.731. The minimum absolute atomic E-state index is 0.196. The van der Waals surface area contributed by atoms with Gasteiger partial charge < -0.3 is 4.18 Å². The second kappa shape index (κ2) is 5.59. The number of nitrogens with zero attached hydrogens (tertiary/aromatic N) is 1. The van der Waals surface area contributed by atoms with E-state index in [0.29, 0.717) is 11.4 Å². The lowest BCUT2D eigenvalue weighted by Gasteiger charge is -1.99. The van der Waals surface area contributed by atoms with Gasteiger partial charge in [0.05, 0.1) is 0 Å². The minimum Gasteiger partial charge on any atom is -0.384 e. The molecular formula is C9H11NO2S. The maximum atomic E-state index is 10.9. The third kappa shape index (κ3) is 3.94. The lowest BCUT2D eigenvalue weighted by Crippen LogP contribution is -1.97. The number of carbonyl (C=O) groups is 1. The van der Waals surface area contributed by atoms with Crippen LogP contribution in [0.5, 0.6) is 0 Å². The molecule has 0 unspecified atom stereocenters. The molecule has 0 aromatic carbocycles. The average molecular weight is 197 g/mol. The molecule has 0 aliphatic rings. The van der Waals surface area contributed by atoms with Crippen molar-refractivity contribution >= 4 is 18.0 Å². The summed E-state index contributed by atoms with van der Waals surface area (Å²) in [5, 5.41) is 0.701. The molecule has 1 rings (SSSR count). The van der Waals surface area contributed by atoms with Crippen LogP contribution in [0.1, 0.15) is 19.8 Å². The SMILES string of the molecule is CCCC(=O)OSc1ccccn1. The molecule has 0 aliphatic heterocycles. The van der Waals surface area contributed by atoms with Crippen LogP contribution in [0.15, 0.2) is 29.4 Å². The van der Waals surface area contributed by atoms with E-state index in [1.807, 2.05) is 19.1 Å². The Bertz CT molecular complexity index is 264. The molecule has 13 heavy (non-hydrogen) atoms. The Hall–Kier alpha value is -1.03. The van der Waals surface area contributed by atoms with Gasteiger partial charge in [-0.3, -0.25) is 4.79 Å². The van der Waals surface area contributed by atoms with Crippen molar-refractivity contribution in [3.63, 3.8) is 0 Å². The number of carbonyl (C=O) groups excluding carboxylic acids is 1. The topological polar surface area (TPSA) is 39.2 Å². The first-order valence-corrected chi connectivity index (χ1v) is 4.85. The molecule has 0 atom stereocenters. The van der Waals surface area contributed by atoms with Gasteiger partial charge in [0.15, 0.2) is 0 Å². The lowest BCUT2D eigenvalue weighted by atomic mass is 10.4. The number of rotatable bonds is 4. The Morgan fingerprint density at radius 1 is 1.62 bits per heavy atom. The van der Waals surface area contributed by atoms with Crippen molar-refractivity contribution in [2.75, 3.05) is 0 Å². The van der Waals surface area contributed by atoms with Crippen LogP contribution in [0, 0.1) is 0 Å². The Morgan fingerprint density at radius 2 is 2.46 bits per heavy atom. The van der Waals surface area contributed by atoms with Gasteiger partial charge in [0, 0.05) is 12.6 Å². The summed E-state index contributed by atoms with van der Waals surface area (Å²) in [4.78, 5) is 14.9. The fourth-order valence-corrected chi connectivity index (χ4v) is 1.23. The summed E-state index contributed by atoms with van der Waals surface area (Å²) in [6.07, 6.45) is 2.93. The van der Waals surface area contributed by atoms with Gasteiger partial charge in [-0.05, 0) is 18.6 Å². The second-order valence-electron chi connectivity index (χ2n) is 2.46. The molecule has 0 N–H and O–H groups in total. The predicted octanol–water partition coefficient (Wildman–Crippen LogP) is 2.43. The molecule has 0 saturated heterocycles. The highest BCUT2D eigenvalue weighted by Gasteiger charge is 2.02. The molecule has 4 heteroatoms. The number of hydrogen-bond acceptors (Lipinski definition) is 4. The molecule has 0 radical (unpaired) electrons. The first-order chi connectivity index (χ1) is 6.33. The van der Waals surface area contributed by atoms with Gasteiger partial charge in [-0.2, -0.15) is 0 Å². The zero-order valence-corrected chi connectivity index (χ0v) is 8.21. The van der Waals surface area contributed by atoms with Crippen molar-refractivity contribution in [2.45, 2.75) is 24.8 Å². The maximum Gasteiger partial charge on any atom is 0.318 e. The first-order valence-electron chi connectivity index (χ1n) is 4.11. The van der Waals surface area contributed by atoms with Crippen LogP contribution in [0.3, 0.4) is 0 Å². The van der Waals surface area contributed by atoms with Gasteiger partial charge in [-0.25, -0.2) is 4.98 Å². The quantitative estimate of drug-likeness (QED) is 0.695. The molecule has 0 aliphatic carbocycles. The highest BCUT2D eigenvalue weighted by Crippen LogP contribution is 2.16. The molecule has 70 valence electrons. The molecule has 1 aromatic heterocycles. The zero-order chi connectivity index (χ0) is 9.52. The molecule has 0 amide bonds. The molecule has 0 saturated carbocycles. The van der Waals surface area contributed by atoms with Crippen molar-refractivity contribution in [2.24, 2.45) is 0 Å². The average Bonchev–Trinajstić information content (AvgIpc) is 2.17. The van der Waals surface area contributed by atoms with E-state index >= 15 is 0 Å². The van der Waals surface area contributed by atoms with E-state index in [2.05, 4.69) is 4.98 Å². The first kappa shape index (κ1) is 10.1. The number of hydrogen-bond donors (Lipinski definition) is 0. The highest BCUT2D eigenvalue weighted by molar-refractivity contribution is 7.95. The van der Waals surface area contributed by atoms with Crippen LogP contribution in [0.4, 0.5) is 0 Å². The summed E-state index contributed by atoms with van der Waals surface area (Å²) in [6.45, 7) is 1.94. The summed E-state index contributed by atoms with van der Waals surface area (Å²) in [6, 6.07) is 5.46. The van der Waals surface area contributed by atoms with Crippen LogP contribution in [-0.2, 0) is 8.98 Å². The minimum atomic E-state index is -0.196. The van der Waals surface area contributed by atoms with Gasteiger partial charge in [0.2, 0.25) is 0 Å². The summed E-state index contributed by atoms with van der Waals surface area (Å²) < 4.78 is 4.88. The Morgan fingerprint density at radius 3 is 3.08 bits per heavy atom. The lowest BCUT2D eigenvalue weighted by molar-refractivity contribution is -0.133. The fraction of sp³-hybridized carbons (Fsp3) is 0.333. The smallest absolute Gasteiger partial charge is 0.318 e. The van der Waals surface area contributed by atoms with Gasteiger partial charge in [-0.15, -0.1) is 0 Å². The monoisotopic (exact) mass is 197 g/mol. The van der Waals surface area contributed by atoms with Crippen molar-refractivity contribution in [3.8, 4) is 0 Å². The van der Waals surface area contributed by atoms with E-state index in [4.69, 9.17) is 4.18 Å². The summed E-state index contributed by atoms with van der Waals surface area (Å²) in [5.41, 5.74) is 0. The number of pyridine rings is 1. The van der Waals surface area contributed by atoms with Gasteiger partial charge in [0.1, 0.15) is 17.1 Å². The van der Waals surface area contributed by atoms with Crippen LogP contribution in [0.25, 0.3) is 0 Å². The molecule has 3 nitrogen and oxygen atoms in total. The molecule has 0 bridgehead atoms. The van der Waals surface area contributed by atoms with E-state index in [0.717, 1.165) is 18.5 Å². The van der Waals surface area contributed by atoms with E-state index in [9.17, 15) is 4.79 Å². The van der Waals surface area contributed by atoms with Gasteiger partial charge in [-0.1, -0.05) is 13.0 Å². The maximum absolute atomic E-state index is 10.9. The van der Waals surface area contributed by atoms with Crippen LogP contribution < -0.4 is 0 Å². The van der Waals surface area contributed by atoms with E-state index in [1.165, 1.54) is 0 Å². The summed E-state index contributed by atoms with van der Waals surface area (Å²) >= 11 is 1.01. The van der Waals surface area contributed by atoms with E-state index < -0.39 is 0 Å². The van der Waals surface area contributed by atoms with E-state index in [1.54, 1.807) is 12.3 Å². The normalized spacial score (nSPS) is 9.62. The van der Waals surface area contributed by atoms with Crippen LogP contribution in [-0.4, -0.2) is 11.0 Å². The van der Waals surface area contributed by atoms with Crippen molar-refractivity contribution in [1.82, 2.24) is 4.98 Å². The molecule has 0 fully saturated rings. The molecule has 1 heterocycles. The largest absolute Gasteiger partial charge is 0.384 e. The van der Waals surface area contributed by atoms with E-state index in [-0.39, 0.29) is 5.97 Å². The standard InChI is InChI=1S/C9H11NO2S/c1-2-5-9(11)12-13-8-6-3-4-7-10-8/h3-4,6-7H,2,5H2,1H3. The zero-order valence-electron chi connectivity index (χ0n) is 7.40. The Labute approximate surface area is 81.7 Å². The molecular weight excluding hydrogens is 186 g/mol. The summed E-state index contributed by atoms with van der Waals surface area (Å²) in [7, 11) is 0. The second-order valence-corrected chi connectivity index (χ2v) is 3.21. The Balaban J connectivity index is 2.31. The number of aromatic nitrogens is 1. The van der Waals surface area contributed by atoms with Gasteiger partial charge in [0.25, 0.3) is 0 Å². The third-order valence-electron chi connectivity index (χ3n) is 1.31. The van der Waals surface area contributed by atoms with Crippen molar-refractivity contribution in [3.05, 3.63) is 24.4 Å². The van der Waals surface area contributed by atoms with Crippen molar-refractivity contribution < 1.29 is 8.98 Å². The molecule has 1 aromatic rings.